The van der Waals surface area contributed by atoms with Crippen molar-refractivity contribution in [2.45, 2.75) is 57.8 Å². The van der Waals surface area contributed by atoms with Crippen molar-refractivity contribution in [3.05, 3.63) is 282 Å². The first-order valence-corrected chi connectivity index (χ1v) is 28.5. The molecule has 0 amide bonds. The lowest BCUT2D eigenvalue weighted by Crippen LogP contribution is -2.43. The van der Waals surface area contributed by atoms with Crippen molar-refractivity contribution >= 4 is 60.2 Å². The highest BCUT2D eigenvalue weighted by Crippen LogP contribution is 2.67. The highest BCUT2D eigenvalue weighted by Gasteiger charge is 2.52. The highest BCUT2D eigenvalue weighted by molar-refractivity contribution is 6.23. The molecule has 0 bridgehead atoms. The maximum atomic E-state index is 2.70. The Kier molecular flexibility index (Phi) is 9.85. The first kappa shape index (κ1) is 46.8. The minimum Gasteiger partial charge on any atom is -0.309 e. The van der Waals surface area contributed by atoms with Crippen molar-refractivity contribution in [2.24, 2.45) is 0 Å². The number of benzene rings is 13. The first-order chi connectivity index (χ1) is 39.0. The average Bonchev–Trinajstić information content (AvgIpc) is 1.69. The van der Waals surface area contributed by atoms with Gasteiger partial charge in [0.2, 0.25) is 0 Å². The van der Waals surface area contributed by atoms with Gasteiger partial charge in [0.15, 0.2) is 0 Å². The summed E-state index contributed by atoms with van der Waals surface area (Å²) < 4.78 is 0. The first-order valence-electron chi connectivity index (χ1n) is 28.5. The van der Waals surface area contributed by atoms with Crippen LogP contribution in [0.3, 0.4) is 0 Å². The molecule has 0 aliphatic carbocycles. The van der Waals surface area contributed by atoms with Crippen LogP contribution in [0.2, 0.25) is 0 Å². The standard InChI is InChI=1S/C79H59N/c1-77(2)64-34-21-35-65-74(64)80-75-66(77)44-54(48-36-40-52(41-37-48)72-60-30-17-13-26-56(60)70(50-22-9-7-10-23-50)57-27-14-18-31-61(57)72)46-68(75)79(5,6)69-47-55(45-67(76(69)80)78(65,3)4)49-38-42-53(43-39-49)73-62-32-19-15-28-58(62)71(51-24-11-8-12-25-51)59-29-16-20-33-63(59)73/h7-47H,1-6H3. The Balaban J connectivity index is 0.848. The lowest BCUT2D eigenvalue weighted by Gasteiger charge is -2.55. The van der Waals surface area contributed by atoms with Gasteiger partial charge in [-0.2, -0.15) is 0 Å². The molecule has 3 aliphatic heterocycles. The van der Waals surface area contributed by atoms with Gasteiger partial charge in [-0.15, -0.1) is 0 Å². The molecule has 0 radical (unpaired) electrons. The zero-order valence-corrected chi connectivity index (χ0v) is 46.1. The third kappa shape index (κ3) is 6.46. The Morgan fingerprint density at radius 2 is 0.425 bits per heavy atom. The van der Waals surface area contributed by atoms with E-state index >= 15 is 0 Å². The number of para-hydroxylation sites is 1. The highest BCUT2D eigenvalue weighted by atomic mass is 15.2. The van der Waals surface area contributed by atoms with Crippen molar-refractivity contribution in [3.8, 4) is 66.8 Å². The second-order valence-electron chi connectivity index (χ2n) is 24.3. The fraction of sp³-hybridized carbons (Fsp3) is 0.114. The second-order valence-corrected chi connectivity index (χ2v) is 24.3. The van der Waals surface area contributed by atoms with Gasteiger partial charge < -0.3 is 4.90 Å². The summed E-state index contributed by atoms with van der Waals surface area (Å²) in [5.41, 5.74) is 26.6. The molecule has 16 rings (SSSR count). The van der Waals surface area contributed by atoms with Crippen LogP contribution in [0.25, 0.3) is 110 Å². The van der Waals surface area contributed by atoms with Crippen LogP contribution in [0.1, 0.15) is 74.9 Å². The van der Waals surface area contributed by atoms with E-state index in [0.717, 1.165) is 0 Å². The van der Waals surface area contributed by atoms with E-state index in [0.29, 0.717) is 0 Å². The Labute approximate surface area is 469 Å². The fourth-order valence-electron chi connectivity index (χ4n) is 14.9. The summed E-state index contributed by atoms with van der Waals surface area (Å²) in [4.78, 5) is 2.70. The number of nitrogens with zero attached hydrogens (tertiary/aromatic N) is 1. The monoisotopic (exact) mass is 1020 g/mol. The average molecular weight is 1020 g/mol. The summed E-state index contributed by atoms with van der Waals surface area (Å²) >= 11 is 0. The second kappa shape index (κ2) is 16.9. The molecule has 3 aliphatic rings. The number of fused-ring (bicyclic) bond motifs is 4. The van der Waals surface area contributed by atoms with Gasteiger partial charge >= 0.3 is 0 Å². The van der Waals surface area contributed by atoms with E-state index in [9.17, 15) is 0 Å². The molecule has 80 heavy (non-hydrogen) atoms. The van der Waals surface area contributed by atoms with Crippen LogP contribution in [0.5, 0.6) is 0 Å². The molecule has 0 atom stereocenters. The minimum absolute atomic E-state index is 0.248. The molecular weight excluding hydrogens is 963 g/mol. The van der Waals surface area contributed by atoms with Gasteiger partial charge in [0.1, 0.15) is 0 Å². The molecule has 0 aromatic heterocycles. The molecule has 1 nitrogen and oxygen atoms in total. The van der Waals surface area contributed by atoms with Crippen molar-refractivity contribution in [1.29, 1.82) is 0 Å². The van der Waals surface area contributed by atoms with Crippen LogP contribution >= 0.6 is 0 Å². The van der Waals surface area contributed by atoms with Crippen LogP contribution in [0.15, 0.2) is 249 Å². The summed E-state index contributed by atoms with van der Waals surface area (Å²) in [5.74, 6) is 0. The Morgan fingerprint density at radius 1 is 0.200 bits per heavy atom. The number of hydrogen-bond donors (Lipinski definition) is 0. The van der Waals surface area contributed by atoms with Gasteiger partial charge in [0.05, 0.1) is 17.1 Å². The molecule has 13 aromatic rings. The molecule has 0 spiro atoms. The molecule has 0 unspecified atom stereocenters. The SMILES string of the molecule is CC1(C)c2cccc3c2N2c4c1cc(-c1ccc(-c5c6ccccc6c(-c6ccccc6)c6ccccc56)cc1)cc4C(C)(C)c1cc(-c4ccc(-c5c6ccccc6c(-c6ccccc6)c6ccccc56)cc4)cc(c12)C3(C)C. The summed E-state index contributed by atoms with van der Waals surface area (Å²) in [5, 5.41) is 10.2. The Morgan fingerprint density at radius 3 is 0.713 bits per heavy atom. The Hall–Kier alpha value is -9.30. The van der Waals surface area contributed by atoms with Crippen LogP contribution in [0, 0.1) is 0 Å². The molecule has 0 fully saturated rings. The van der Waals surface area contributed by atoms with Gasteiger partial charge in [-0.1, -0.05) is 266 Å². The maximum absolute atomic E-state index is 2.70. The number of hydrogen-bond acceptors (Lipinski definition) is 1. The van der Waals surface area contributed by atoms with Gasteiger partial charge in [0.25, 0.3) is 0 Å². The largest absolute Gasteiger partial charge is 0.309 e. The molecule has 380 valence electrons. The van der Waals surface area contributed by atoms with Crippen LogP contribution < -0.4 is 4.90 Å². The molecule has 3 heterocycles. The lowest BCUT2D eigenvalue weighted by atomic mass is 9.60. The van der Waals surface area contributed by atoms with Crippen LogP contribution in [0.4, 0.5) is 17.1 Å². The van der Waals surface area contributed by atoms with Gasteiger partial charge in [-0.25, -0.2) is 0 Å². The van der Waals surface area contributed by atoms with E-state index in [1.807, 2.05) is 0 Å². The maximum Gasteiger partial charge on any atom is 0.0544 e. The van der Waals surface area contributed by atoms with Crippen LogP contribution in [-0.4, -0.2) is 0 Å². The number of rotatable bonds is 6. The zero-order valence-electron chi connectivity index (χ0n) is 46.1. The predicted octanol–water partition coefficient (Wildman–Crippen LogP) is 21.7. The molecular formula is C79H59N. The van der Waals surface area contributed by atoms with E-state index in [-0.39, 0.29) is 16.2 Å². The molecule has 0 saturated heterocycles. The van der Waals surface area contributed by atoms with Crippen molar-refractivity contribution < 1.29 is 0 Å². The summed E-state index contributed by atoms with van der Waals surface area (Å²) in [6, 6.07) is 93.8. The summed E-state index contributed by atoms with van der Waals surface area (Å²) in [7, 11) is 0. The van der Waals surface area contributed by atoms with E-state index in [4.69, 9.17) is 0 Å². The molecule has 13 aromatic carbocycles. The van der Waals surface area contributed by atoms with E-state index in [1.165, 1.54) is 160 Å². The molecule has 1 heteroatoms. The van der Waals surface area contributed by atoms with E-state index in [2.05, 4.69) is 295 Å². The topological polar surface area (TPSA) is 3.24 Å². The van der Waals surface area contributed by atoms with E-state index in [1.54, 1.807) is 0 Å². The van der Waals surface area contributed by atoms with Crippen molar-refractivity contribution in [2.75, 3.05) is 4.90 Å². The Bertz CT molecular complexity index is 4340. The smallest absolute Gasteiger partial charge is 0.0544 e. The van der Waals surface area contributed by atoms with Gasteiger partial charge in [-0.3, -0.25) is 0 Å². The van der Waals surface area contributed by atoms with E-state index < -0.39 is 0 Å². The van der Waals surface area contributed by atoms with Crippen molar-refractivity contribution in [1.82, 2.24) is 0 Å². The third-order valence-electron chi connectivity index (χ3n) is 19.0. The lowest BCUT2D eigenvalue weighted by molar-refractivity contribution is 0.567. The van der Waals surface area contributed by atoms with Gasteiger partial charge in [-0.05, 0) is 167 Å². The molecule has 0 saturated carbocycles. The quantitative estimate of drug-likeness (QED) is 0.150. The van der Waals surface area contributed by atoms with Crippen LogP contribution in [-0.2, 0) is 16.2 Å². The third-order valence-corrected chi connectivity index (χ3v) is 19.0. The minimum atomic E-state index is -0.330. The van der Waals surface area contributed by atoms with Crippen molar-refractivity contribution in [3.63, 3.8) is 0 Å². The fourth-order valence-corrected chi connectivity index (χ4v) is 14.9. The normalized spacial score (nSPS) is 14.9. The molecule has 0 N–H and O–H groups in total. The summed E-state index contributed by atoms with van der Waals surface area (Å²) in [6.45, 7) is 14.8. The number of anilines is 3. The van der Waals surface area contributed by atoms with Gasteiger partial charge in [0, 0.05) is 16.2 Å². The zero-order chi connectivity index (χ0) is 53.8. The summed E-state index contributed by atoms with van der Waals surface area (Å²) in [6.07, 6.45) is 0. The predicted molar refractivity (Wildman–Crippen MR) is 340 cm³/mol.